The third-order valence-corrected chi connectivity index (χ3v) is 7.38. The van der Waals surface area contributed by atoms with Crippen molar-refractivity contribution in [3.8, 4) is 11.1 Å². The van der Waals surface area contributed by atoms with Crippen molar-refractivity contribution in [2.75, 3.05) is 24.3 Å². The molecule has 6 nitrogen and oxygen atoms in total. The van der Waals surface area contributed by atoms with Crippen LogP contribution in [0.15, 0.2) is 77.0 Å². The number of hydrogen-bond donors (Lipinski definition) is 1. The van der Waals surface area contributed by atoms with E-state index in [4.69, 9.17) is 21.1 Å². The number of carbonyl (C=O) groups is 3. The molecular formula is C27H22ClNO5S2. The van der Waals surface area contributed by atoms with E-state index in [1.807, 2.05) is 60.7 Å². The Morgan fingerprint density at radius 3 is 2.47 bits per heavy atom. The van der Waals surface area contributed by atoms with E-state index >= 15 is 0 Å². The van der Waals surface area contributed by atoms with Crippen LogP contribution in [0.25, 0.3) is 21.9 Å². The smallest absolute Gasteiger partial charge is 0.341 e. The molecule has 0 fully saturated rings. The van der Waals surface area contributed by atoms with Crippen LogP contribution in [0.5, 0.6) is 0 Å². The molecule has 9 heteroatoms. The monoisotopic (exact) mass is 539 g/mol. The number of thioether (sulfide) groups is 1. The highest BCUT2D eigenvalue weighted by molar-refractivity contribution is 8.00. The van der Waals surface area contributed by atoms with Gasteiger partial charge in [0.15, 0.2) is 6.61 Å². The summed E-state index contributed by atoms with van der Waals surface area (Å²) in [6.45, 7) is 1.44. The number of halogens is 1. The number of hydrogen-bond acceptors (Lipinski definition) is 7. The van der Waals surface area contributed by atoms with Crippen molar-refractivity contribution in [2.45, 2.75) is 11.8 Å². The zero-order chi connectivity index (χ0) is 25.5. The van der Waals surface area contributed by atoms with E-state index in [1.165, 1.54) is 23.1 Å². The third kappa shape index (κ3) is 6.07. The molecule has 0 atom stereocenters. The summed E-state index contributed by atoms with van der Waals surface area (Å²) in [6.07, 6.45) is 0. The number of rotatable bonds is 9. The summed E-state index contributed by atoms with van der Waals surface area (Å²) in [7, 11) is 0. The summed E-state index contributed by atoms with van der Waals surface area (Å²) >= 11 is 8.84. The number of amides is 1. The summed E-state index contributed by atoms with van der Waals surface area (Å²) in [6, 6.07) is 20.7. The van der Waals surface area contributed by atoms with Crippen LogP contribution < -0.4 is 5.32 Å². The molecule has 184 valence electrons. The lowest BCUT2D eigenvalue weighted by Gasteiger charge is -2.10. The average molecular weight is 540 g/mol. The van der Waals surface area contributed by atoms with Gasteiger partial charge in [0.1, 0.15) is 10.6 Å². The van der Waals surface area contributed by atoms with Gasteiger partial charge in [-0.2, -0.15) is 0 Å². The van der Waals surface area contributed by atoms with Crippen molar-refractivity contribution in [1.82, 2.24) is 0 Å². The Morgan fingerprint density at radius 1 is 0.972 bits per heavy atom. The maximum atomic E-state index is 12.6. The van der Waals surface area contributed by atoms with Gasteiger partial charge in [-0.15, -0.1) is 23.1 Å². The molecule has 0 saturated carbocycles. The highest BCUT2D eigenvalue weighted by Crippen LogP contribution is 2.36. The fraction of sp³-hybridized carbons (Fsp3) is 0.148. The van der Waals surface area contributed by atoms with E-state index in [9.17, 15) is 14.4 Å². The van der Waals surface area contributed by atoms with E-state index < -0.39 is 24.5 Å². The van der Waals surface area contributed by atoms with Crippen LogP contribution in [0.2, 0.25) is 5.02 Å². The molecule has 36 heavy (non-hydrogen) atoms. The fourth-order valence-electron chi connectivity index (χ4n) is 3.56. The standard InChI is InChI=1S/C27H22ClNO5S2/c1-2-33-27(32)25-19(17-8-4-3-5-9-17)15-36-26(25)29-22(30)14-34-23(31)16-35-21-13-7-11-18-10-6-12-20(28)24(18)21/h3-13,15H,2,14,16H2,1H3,(H,29,30). The van der Waals surface area contributed by atoms with Crippen LogP contribution in [0.1, 0.15) is 17.3 Å². The van der Waals surface area contributed by atoms with Crippen LogP contribution in [-0.4, -0.2) is 36.8 Å². The molecule has 1 aromatic heterocycles. The number of anilines is 1. The minimum absolute atomic E-state index is 0.0167. The minimum atomic E-state index is -0.548. The quantitative estimate of drug-likeness (QED) is 0.189. The zero-order valence-corrected chi connectivity index (χ0v) is 21.7. The van der Waals surface area contributed by atoms with Gasteiger partial charge in [-0.05, 0) is 30.0 Å². The number of ether oxygens (including phenoxy) is 2. The predicted octanol–water partition coefficient (Wildman–Crippen LogP) is 6.67. The second-order valence-corrected chi connectivity index (χ2v) is 9.84. The number of benzene rings is 3. The molecule has 0 aliphatic carbocycles. The Hall–Kier alpha value is -3.33. The van der Waals surface area contributed by atoms with Crippen molar-refractivity contribution in [3.63, 3.8) is 0 Å². The largest absolute Gasteiger partial charge is 0.462 e. The molecule has 4 rings (SSSR count). The normalized spacial score (nSPS) is 10.7. The van der Waals surface area contributed by atoms with Gasteiger partial charge in [0.25, 0.3) is 5.91 Å². The SMILES string of the molecule is CCOC(=O)c1c(-c2ccccc2)csc1NC(=O)COC(=O)CSc1cccc2cccc(Cl)c12. The molecule has 3 aromatic carbocycles. The summed E-state index contributed by atoms with van der Waals surface area (Å²) < 4.78 is 10.4. The van der Waals surface area contributed by atoms with Gasteiger partial charge in [-0.1, -0.05) is 66.2 Å². The number of nitrogens with one attached hydrogen (secondary N) is 1. The molecule has 0 unspecified atom stereocenters. The molecule has 0 radical (unpaired) electrons. The van der Waals surface area contributed by atoms with Crippen molar-refractivity contribution >= 4 is 68.3 Å². The highest BCUT2D eigenvalue weighted by Gasteiger charge is 2.23. The Balaban J connectivity index is 1.38. The van der Waals surface area contributed by atoms with Gasteiger partial charge in [0.05, 0.1) is 12.4 Å². The van der Waals surface area contributed by atoms with E-state index in [0.29, 0.717) is 15.6 Å². The van der Waals surface area contributed by atoms with Gasteiger partial charge >= 0.3 is 11.9 Å². The molecule has 0 spiro atoms. The molecule has 1 N–H and O–H groups in total. The fourth-order valence-corrected chi connectivity index (χ4v) is 5.77. The third-order valence-electron chi connectivity index (χ3n) is 5.13. The van der Waals surface area contributed by atoms with Gasteiger partial charge in [0, 0.05) is 26.2 Å². The Labute approximate surface area is 221 Å². The molecule has 0 aliphatic rings. The first kappa shape index (κ1) is 25.8. The van der Waals surface area contributed by atoms with Crippen molar-refractivity contribution in [2.24, 2.45) is 0 Å². The number of fused-ring (bicyclic) bond motifs is 1. The maximum Gasteiger partial charge on any atom is 0.341 e. The lowest BCUT2D eigenvalue weighted by atomic mass is 10.0. The first-order chi connectivity index (χ1) is 17.5. The zero-order valence-electron chi connectivity index (χ0n) is 19.3. The summed E-state index contributed by atoms with van der Waals surface area (Å²) in [5.41, 5.74) is 1.77. The summed E-state index contributed by atoms with van der Waals surface area (Å²) in [5.74, 6) is -1.60. The lowest BCUT2D eigenvalue weighted by Crippen LogP contribution is -2.22. The Kier molecular flexibility index (Phi) is 8.64. The Morgan fingerprint density at radius 2 is 1.72 bits per heavy atom. The lowest BCUT2D eigenvalue weighted by molar-refractivity contribution is -0.144. The van der Waals surface area contributed by atoms with Gasteiger partial charge in [-0.25, -0.2) is 4.79 Å². The average Bonchev–Trinajstić information content (AvgIpc) is 3.30. The Bertz CT molecular complexity index is 1400. The van der Waals surface area contributed by atoms with Crippen LogP contribution in [0.3, 0.4) is 0 Å². The van der Waals surface area contributed by atoms with Gasteiger partial charge < -0.3 is 14.8 Å². The molecule has 0 saturated heterocycles. The van der Waals surface area contributed by atoms with Crippen LogP contribution in [0.4, 0.5) is 5.00 Å². The highest BCUT2D eigenvalue weighted by atomic mass is 35.5. The van der Waals surface area contributed by atoms with E-state index in [1.54, 1.807) is 18.4 Å². The molecule has 4 aromatic rings. The maximum absolute atomic E-state index is 12.6. The number of thiophene rings is 1. The molecule has 0 aliphatic heterocycles. The number of esters is 2. The summed E-state index contributed by atoms with van der Waals surface area (Å²) in [4.78, 5) is 38.3. The van der Waals surface area contributed by atoms with Crippen molar-refractivity contribution in [1.29, 1.82) is 0 Å². The van der Waals surface area contributed by atoms with Crippen LogP contribution >= 0.6 is 34.7 Å². The van der Waals surface area contributed by atoms with Gasteiger partial charge in [0.2, 0.25) is 0 Å². The van der Waals surface area contributed by atoms with Crippen LogP contribution in [-0.2, 0) is 19.1 Å². The first-order valence-electron chi connectivity index (χ1n) is 11.1. The van der Waals surface area contributed by atoms with Gasteiger partial charge in [-0.3, -0.25) is 9.59 Å². The molecule has 1 amide bonds. The number of carbonyl (C=O) groups excluding carboxylic acids is 3. The molecular weight excluding hydrogens is 518 g/mol. The minimum Gasteiger partial charge on any atom is -0.462 e. The second kappa shape index (κ2) is 12.1. The van der Waals surface area contributed by atoms with E-state index in [2.05, 4.69) is 5.32 Å². The second-order valence-electron chi connectivity index (χ2n) is 7.53. The molecule has 1 heterocycles. The first-order valence-corrected chi connectivity index (χ1v) is 13.3. The van der Waals surface area contributed by atoms with Crippen molar-refractivity contribution in [3.05, 3.63) is 82.7 Å². The molecule has 0 bridgehead atoms. The van der Waals surface area contributed by atoms with E-state index in [0.717, 1.165) is 21.2 Å². The summed E-state index contributed by atoms with van der Waals surface area (Å²) in [5, 5.41) is 7.26. The topological polar surface area (TPSA) is 81.7 Å². The van der Waals surface area contributed by atoms with Crippen LogP contribution in [0, 0.1) is 0 Å². The van der Waals surface area contributed by atoms with E-state index in [-0.39, 0.29) is 17.9 Å². The predicted molar refractivity (Wildman–Crippen MR) is 145 cm³/mol. The van der Waals surface area contributed by atoms with Crippen molar-refractivity contribution < 1.29 is 23.9 Å².